The molecule has 6 heteroatoms. The van der Waals surface area contributed by atoms with Gasteiger partial charge in [0.1, 0.15) is 12.1 Å². The van der Waals surface area contributed by atoms with E-state index in [0.29, 0.717) is 5.22 Å². The van der Waals surface area contributed by atoms with Crippen molar-refractivity contribution in [2.75, 3.05) is 11.5 Å². The summed E-state index contributed by atoms with van der Waals surface area (Å²) in [6.07, 6.45) is 2.49. The molecule has 0 aliphatic rings. The summed E-state index contributed by atoms with van der Waals surface area (Å²) in [4.78, 5) is 12.0. The van der Waals surface area contributed by atoms with Gasteiger partial charge in [-0.15, -0.1) is 0 Å². The zero-order valence-corrected chi connectivity index (χ0v) is 11.3. The van der Waals surface area contributed by atoms with E-state index in [0.717, 1.165) is 40.4 Å². The Morgan fingerprint density at radius 3 is 3.05 bits per heavy atom. The smallest absolute Gasteiger partial charge is 0.255 e. The number of aryl methyl sites for hydroxylation is 2. The minimum absolute atomic E-state index is 0.706. The van der Waals surface area contributed by atoms with Crippen molar-refractivity contribution in [1.82, 2.24) is 15.0 Å². The van der Waals surface area contributed by atoms with E-state index in [1.54, 1.807) is 18.0 Å². The lowest BCUT2D eigenvalue weighted by molar-refractivity contribution is 0.454. The van der Waals surface area contributed by atoms with Gasteiger partial charge in [-0.2, -0.15) is 0 Å². The van der Waals surface area contributed by atoms with Crippen LogP contribution in [0.15, 0.2) is 34.1 Å². The first kappa shape index (κ1) is 12.1. The number of imidazole rings is 1. The summed E-state index contributed by atoms with van der Waals surface area (Å²) in [5.74, 6) is 1.83. The van der Waals surface area contributed by atoms with Gasteiger partial charge in [0, 0.05) is 17.9 Å². The highest BCUT2D eigenvalue weighted by molar-refractivity contribution is 7.99. The fraction of sp³-hybridized carbons (Fsp3) is 0.231. The van der Waals surface area contributed by atoms with Crippen molar-refractivity contribution < 1.29 is 4.42 Å². The highest BCUT2D eigenvalue weighted by Crippen LogP contribution is 2.19. The summed E-state index contributed by atoms with van der Waals surface area (Å²) < 4.78 is 5.28. The molecule has 0 aliphatic heterocycles. The van der Waals surface area contributed by atoms with Gasteiger partial charge in [0.05, 0.1) is 16.7 Å². The Kier molecular flexibility index (Phi) is 3.16. The highest BCUT2D eigenvalue weighted by Gasteiger charge is 2.05. The van der Waals surface area contributed by atoms with E-state index in [2.05, 4.69) is 15.0 Å². The molecular formula is C13H14N4OS. The first-order chi connectivity index (χ1) is 9.20. The first-order valence-electron chi connectivity index (χ1n) is 6.00. The molecule has 0 bridgehead atoms. The largest absolute Gasteiger partial charge is 0.440 e. The molecule has 0 fully saturated rings. The molecule has 0 saturated carbocycles. The predicted octanol–water partition coefficient (Wildman–Crippen LogP) is 2.78. The number of benzene rings is 1. The summed E-state index contributed by atoms with van der Waals surface area (Å²) in [5, 5.41) is 0.706. The van der Waals surface area contributed by atoms with E-state index in [-0.39, 0.29) is 0 Å². The Hall–Kier alpha value is -1.95. The van der Waals surface area contributed by atoms with Crippen LogP contribution >= 0.6 is 11.8 Å². The summed E-state index contributed by atoms with van der Waals surface area (Å²) in [6, 6.07) is 5.68. The predicted molar refractivity (Wildman–Crippen MR) is 76.2 cm³/mol. The summed E-state index contributed by atoms with van der Waals surface area (Å²) in [7, 11) is 0. The van der Waals surface area contributed by atoms with Gasteiger partial charge >= 0.3 is 0 Å². The molecule has 2 heterocycles. The molecule has 0 saturated heterocycles. The minimum Gasteiger partial charge on any atom is -0.440 e. The van der Waals surface area contributed by atoms with Gasteiger partial charge in [-0.25, -0.2) is 9.97 Å². The molecule has 0 spiro atoms. The molecule has 2 aromatic heterocycles. The number of hydrogen-bond donors (Lipinski definition) is 2. The maximum atomic E-state index is 5.74. The highest BCUT2D eigenvalue weighted by atomic mass is 32.2. The van der Waals surface area contributed by atoms with Gasteiger partial charge in [-0.3, -0.25) is 0 Å². The zero-order valence-electron chi connectivity index (χ0n) is 10.5. The molecule has 19 heavy (non-hydrogen) atoms. The number of nitrogens with one attached hydrogen (secondary N) is 1. The zero-order chi connectivity index (χ0) is 13.2. The van der Waals surface area contributed by atoms with Gasteiger partial charge in [-0.05, 0) is 25.1 Å². The van der Waals surface area contributed by atoms with E-state index in [9.17, 15) is 0 Å². The maximum absolute atomic E-state index is 5.74. The van der Waals surface area contributed by atoms with Crippen molar-refractivity contribution in [2.24, 2.45) is 0 Å². The summed E-state index contributed by atoms with van der Waals surface area (Å²) in [6.45, 7) is 1.91. The molecule has 3 rings (SSSR count). The van der Waals surface area contributed by atoms with E-state index >= 15 is 0 Å². The van der Waals surface area contributed by atoms with Gasteiger partial charge in [0.2, 0.25) is 0 Å². The Morgan fingerprint density at radius 2 is 2.26 bits per heavy atom. The number of rotatable bonds is 4. The van der Waals surface area contributed by atoms with Gasteiger partial charge in [-0.1, -0.05) is 11.8 Å². The van der Waals surface area contributed by atoms with Crippen LogP contribution in [0, 0.1) is 6.92 Å². The molecule has 0 aliphatic carbocycles. The lowest BCUT2D eigenvalue weighted by Crippen LogP contribution is -1.91. The number of fused-ring (bicyclic) bond motifs is 1. The van der Waals surface area contributed by atoms with Crippen molar-refractivity contribution in [3.05, 3.63) is 36.0 Å². The Morgan fingerprint density at radius 1 is 1.37 bits per heavy atom. The molecule has 1 aromatic carbocycles. The number of nitrogens with zero attached hydrogens (tertiary/aromatic N) is 2. The second-order valence-electron chi connectivity index (χ2n) is 4.31. The lowest BCUT2D eigenvalue weighted by Gasteiger charge is -1.94. The third-order valence-corrected chi connectivity index (χ3v) is 3.56. The monoisotopic (exact) mass is 274 g/mol. The number of aromatic nitrogens is 3. The van der Waals surface area contributed by atoms with Gasteiger partial charge in [0.25, 0.3) is 5.22 Å². The van der Waals surface area contributed by atoms with Crippen LogP contribution in [0.4, 0.5) is 5.69 Å². The van der Waals surface area contributed by atoms with E-state index in [4.69, 9.17) is 10.2 Å². The molecular weight excluding hydrogens is 260 g/mol. The number of oxazole rings is 1. The molecule has 3 N–H and O–H groups in total. The third-order valence-electron chi connectivity index (χ3n) is 2.72. The lowest BCUT2D eigenvalue weighted by atomic mass is 10.3. The van der Waals surface area contributed by atoms with E-state index in [1.807, 2.05) is 25.1 Å². The number of aromatic amines is 1. The van der Waals surface area contributed by atoms with Crippen LogP contribution in [-0.4, -0.2) is 20.7 Å². The average molecular weight is 274 g/mol. The average Bonchev–Trinajstić information content (AvgIpc) is 2.95. The fourth-order valence-electron chi connectivity index (χ4n) is 1.83. The Bertz CT molecular complexity index is 704. The standard InChI is InChI=1S/C13H14N4OS/c1-8-7-18-13(15-8)19-5-4-12-16-10-3-2-9(14)6-11(10)17-12/h2-3,6-7H,4-5,14H2,1H3,(H,16,17). The summed E-state index contributed by atoms with van der Waals surface area (Å²) in [5.41, 5.74) is 9.31. The molecule has 0 radical (unpaired) electrons. The second-order valence-corrected chi connectivity index (χ2v) is 5.36. The van der Waals surface area contributed by atoms with Crippen LogP contribution < -0.4 is 5.73 Å². The van der Waals surface area contributed by atoms with Crippen LogP contribution in [0.2, 0.25) is 0 Å². The summed E-state index contributed by atoms with van der Waals surface area (Å²) >= 11 is 1.59. The Balaban J connectivity index is 1.65. The second kappa shape index (κ2) is 4.97. The van der Waals surface area contributed by atoms with Crippen molar-refractivity contribution in [3.8, 4) is 0 Å². The normalized spacial score (nSPS) is 11.2. The molecule has 5 nitrogen and oxygen atoms in total. The number of thioether (sulfide) groups is 1. The Labute approximate surface area is 114 Å². The van der Waals surface area contributed by atoms with Crippen LogP contribution in [0.1, 0.15) is 11.5 Å². The van der Waals surface area contributed by atoms with Crippen LogP contribution in [0.25, 0.3) is 11.0 Å². The van der Waals surface area contributed by atoms with Gasteiger partial charge < -0.3 is 15.1 Å². The van der Waals surface area contributed by atoms with Crippen molar-refractivity contribution in [1.29, 1.82) is 0 Å². The van der Waals surface area contributed by atoms with Crippen LogP contribution in [0.3, 0.4) is 0 Å². The van der Waals surface area contributed by atoms with Gasteiger partial charge in [0.15, 0.2) is 0 Å². The third kappa shape index (κ3) is 2.73. The molecule has 0 unspecified atom stereocenters. The molecule has 3 aromatic rings. The molecule has 0 atom stereocenters. The first-order valence-corrected chi connectivity index (χ1v) is 6.98. The maximum Gasteiger partial charge on any atom is 0.255 e. The molecule has 98 valence electrons. The SMILES string of the molecule is Cc1coc(SCCc2nc3ccc(N)cc3[nH]2)n1. The van der Waals surface area contributed by atoms with Crippen molar-refractivity contribution in [2.45, 2.75) is 18.6 Å². The topological polar surface area (TPSA) is 80.7 Å². The number of hydrogen-bond acceptors (Lipinski definition) is 5. The van der Waals surface area contributed by atoms with Crippen molar-refractivity contribution in [3.63, 3.8) is 0 Å². The number of anilines is 1. The van der Waals surface area contributed by atoms with Crippen LogP contribution in [0.5, 0.6) is 0 Å². The van der Waals surface area contributed by atoms with Crippen molar-refractivity contribution >= 4 is 28.5 Å². The van der Waals surface area contributed by atoms with Crippen LogP contribution in [-0.2, 0) is 6.42 Å². The molecule has 0 amide bonds. The number of nitrogens with two attached hydrogens (primary N) is 1. The minimum atomic E-state index is 0.706. The number of H-pyrrole nitrogens is 1. The van der Waals surface area contributed by atoms with E-state index < -0.39 is 0 Å². The fourth-order valence-corrected chi connectivity index (χ4v) is 2.63. The number of nitrogen functional groups attached to an aromatic ring is 1. The van der Waals surface area contributed by atoms with E-state index in [1.165, 1.54) is 0 Å². The quantitative estimate of drug-likeness (QED) is 0.565.